The molecule has 1 aromatic carbocycles. The minimum atomic E-state index is -0.459. The van der Waals surface area contributed by atoms with Crippen LogP contribution < -0.4 is 15.8 Å². The van der Waals surface area contributed by atoms with Crippen molar-refractivity contribution in [3.63, 3.8) is 0 Å². The summed E-state index contributed by atoms with van der Waals surface area (Å²) in [7, 11) is 0. The Morgan fingerprint density at radius 1 is 1.37 bits per heavy atom. The van der Waals surface area contributed by atoms with E-state index in [9.17, 15) is 4.79 Å². The molecule has 0 saturated heterocycles. The maximum Gasteiger partial charge on any atom is 0.241 e. The van der Waals surface area contributed by atoms with Gasteiger partial charge in [-0.25, -0.2) is 0 Å². The summed E-state index contributed by atoms with van der Waals surface area (Å²) >= 11 is 1.68. The van der Waals surface area contributed by atoms with Crippen LogP contribution in [0.1, 0.15) is 20.3 Å². The molecule has 106 valence electrons. The molecule has 0 heterocycles. The normalized spacial score (nSPS) is 12.3. The van der Waals surface area contributed by atoms with Crippen LogP contribution in [0.4, 0.5) is 5.69 Å². The molecule has 0 fully saturated rings. The first-order valence-corrected chi connectivity index (χ1v) is 7.74. The number of nitrogens with two attached hydrogens (primary N) is 1. The molecule has 1 aromatic rings. The van der Waals surface area contributed by atoms with Gasteiger partial charge in [0.2, 0.25) is 5.91 Å². The molecule has 0 aliphatic heterocycles. The summed E-state index contributed by atoms with van der Waals surface area (Å²) in [6.07, 6.45) is 2.82. The number of hydrogen-bond donors (Lipinski definition) is 2. The van der Waals surface area contributed by atoms with E-state index in [0.29, 0.717) is 6.42 Å². The van der Waals surface area contributed by atoms with E-state index in [2.05, 4.69) is 5.32 Å². The molecule has 0 saturated carbocycles. The van der Waals surface area contributed by atoms with Gasteiger partial charge >= 0.3 is 0 Å². The van der Waals surface area contributed by atoms with E-state index in [0.717, 1.165) is 17.2 Å². The third kappa shape index (κ3) is 5.98. The van der Waals surface area contributed by atoms with E-state index in [4.69, 9.17) is 10.5 Å². The second-order valence-corrected chi connectivity index (χ2v) is 5.55. The van der Waals surface area contributed by atoms with Crippen molar-refractivity contribution in [1.29, 1.82) is 0 Å². The van der Waals surface area contributed by atoms with Crippen molar-refractivity contribution < 1.29 is 9.53 Å². The van der Waals surface area contributed by atoms with Crippen molar-refractivity contribution in [1.82, 2.24) is 0 Å². The van der Waals surface area contributed by atoms with Crippen LogP contribution in [0.3, 0.4) is 0 Å². The van der Waals surface area contributed by atoms with E-state index in [1.54, 1.807) is 11.8 Å². The second kappa shape index (κ2) is 8.07. The largest absolute Gasteiger partial charge is 0.491 e. The van der Waals surface area contributed by atoms with Crippen molar-refractivity contribution in [2.45, 2.75) is 32.4 Å². The Morgan fingerprint density at radius 2 is 2.00 bits per heavy atom. The number of rotatable bonds is 7. The minimum Gasteiger partial charge on any atom is -0.491 e. The Labute approximate surface area is 119 Å². The molecule has 1 amide bonds. The summed E-state index contributed by atoms with van der Waals surface area (Å²) in [5.74, 6) is 1.53. The average molecular weight is 282 g/mol. The molecule has 0 bridgehead atoms. The fourth-order valence-electron chi connectivity index (χ4n) is 1.50. The zero-order valence-corrected chi connectivity index (χ0v) is 12.5. The Hall–Kier alpha value is -1.20. The van der Waals surface area contributed by atoms with Crippen molar-refractivity contribution in [2.24, 2.45) is 5.73 Å². The number of amides is 1. The number of anilines is 1. The summed E-state index contributed by atoms with van der Waals surface area (Å²) in [4.78, 5) is 11.8. The maximum absolute atomic E-state index is 11.8. The van der Waals surface area contributed by atoms with Crippen LogP contribution in [-0.4, -0.2) is 30.1 Å². The molecular formula is C14H22N2O2S. The predicted octanol–water partition coefficient (Wildman–Crippen LogP) is 2.49. The minimum absolute atomic E-state index is 0.139. The SMILES string of the molecule is CSCC[C@@H](N)C(=O)Nc1ccc(OC(C)C)cc1. The molecule has 0 unspecified atom stereocenters. The number of carbonyl (C=O) groups is 1. The lowest BCUT2D eigenvalue weighted by Gasteiger charge is -2.13. The van der Waals surface area contributed by atoms with Crippen LogP contribution in [0, 0.1) is 0 Å². The topological polar surface area (TPSA) is 64.4 Å². The lowest BCUT2D eigenvalue weighted by Crippen LogP contribution is -2.36. The van der Waals surface area contributed by atoms with Gasteiger partial charge in [-0.05, 0) is 56.5 Å². The van der Waals surface area contributed by atoms with E-state index in [1.165, 1.54) is 0 Å². The van der Waals surface area contributed by atoms with Gasteiger partial charge in [0, 0.05) is 5.69 Å². The summed E-state index contributed by atoms with van der Waals surface area (Å²) in [5, 5.41) is 2.80. The highest BCUT2D eigenvalue weighted by Crippen LogP contribution is 2.17. The Balaban J connectivity index is 2.50. The van der Waals surface area contributed by atoms with Gasteiger partial charge in [-0.15, -0.1) is 0 Å². The zero-order valence-electron chi connectivity index (χ0n) is 11.7. The Morgan fingerprint density at radius 3 is 2.53 bits per heavy atom. The summed E-state index contributed by atoms with van der Waals surface area (Å²) in [5.41, 5.74) is 6.53. The summed E-state index contributed by atoms with van der Waals surface area (Å²) in [6.45, 7) is 3.95. The molecule has 0 radical (unpaired) electrons. The zero-order chi connectivity index (χ0) is 14.3. The molecular weight excluding hydrogens is 260 g/mol. The monoisotopic (exact) mass is 282 g/mol. The third-order valence-electron chi connectivity index (χ3n) is 2.46. The van der Waals surface area contributed by atoms with Crippen molar-refractivity contribution >= 4 is 23.4 Å². The first-order valence-electron chi connectivity index (χ1n) is 6.35. The van der Waals surface area contributed by atoms with Crippen LogP contribution in [0.25, 0.3) is 0 Å². The number of hydrogen-bond acceptors (Lipinski definition) is 4. The average Bonchev–Trinajstić information content (AvgIpc) is 2.37. The highest BCUT2D eigenvalue weighted by molar-refractivity contribution is 7.98. The van der Waals surface area contributed by atoms with Crippen molar-refractivity contribution in [3.8, 4) is 5.75 Å². The lowest BCUT2D eigenvalue weighted by molar-refractivity contribution is -0.117. The van der Waals surface area contributed by atoms with Gasteiger partial charge in [0.25, 0.3) is 0 Å². The summed E-state index contributed by atoms with van der Waals surface area (Å²) in [6, 6.07) is 6.85. The molecule has 5 heteroatoms. The van der Waals surface area contributed by atoms with Gasteiger partial charge in [0.1, 0.15) is 5.75 Å². The van der Waals surface area contributed by atoms with Gasteiger partial charge in [-0.3, -0.25) is 4.79 Å². The van der Waals surface area contributed by atoms with Crippen LogP contribution in [0.5, 0.6) is 5.75 Å². The van der Waals surface area contributed by atoms with Gasteiger partial charge in [-0.2, -0.15) is 11.8 Å². The smallest absolute Gasteiger partial charge is 0.241 e. The van der Waals surface area contributed by atoms with Gasteiger partial charge in [0.15, 0.2) is 0 Å². The number of benzene rings is 1. The molecule has 3 N–H and O–H groups in total. The number of carbonyl (C=O) groups excluding carboxylic acids is 1. The molecule has 1 rings (SSSR count). The van der Waals surface area contributed by atoms with E-state index >= 15 is 0 Å². The molecule has 0 aliphatic carbocycles. The fraction of sp³-hybridized carbons (Fsp3) is 0.500. The van der Waals surface area contributed by atoms with Crippen molar-refractivity contribution in [2.75, 3.05) is 17.3 Å². The quantitative estimate of drug-likeness (QED) is 0.806. The lowest BCUT2D eigenvalue weighted by atomic mass is 10.2. The van der Waals surface area contributed by atoms with E-state index in [1.807, 2.05) is 44.4 Å². The van der Waals surface area contributed by atoms with Crippen LogP contribution in [-0.2, 0) is 4.79 Å². The van der Waals surface area contributed by atoms with Crippen LogP contribution in [0.2, 0.25) is 0 Å². The molecule has 4 nitrogen and oxygen atoms in total. The Bertz CT molecular complexity index is 393. The predicted molar refractivity (Wildman–Crippen MR) is 81.8 cm³/mol. The second-order valence-electron chi connectivity index (χ2n) is 4.57. The highest BCUT2D eigenvalue weighted by atomic mass is 32.2. The maximum atomic E-state index is 11.8. The standard InChI is InChI=1S/C14H22N2O2S/c1-10(2)18-12-6-4-11(5-7-12)16-14(17)13(15)8-9-19-3/h4-7,10,13H,8-9,15H2,1-3H3,(H,16,17)/t13-/m1/s1. The number of thioether (sulfide) groups is 1. The number of ether oxygens (including phenoxy) is 1. The van der Waals surface area contributed by atoms with Crippen LogP contribution >= 0.6 is 11.8 Å². The summed E-state index contributed by atoms with van der Waals surface area (Å²) < 4.78 is 5.53. The Kier molecular flexibility index (Phi) is 6.73. The van der Waals surface area contributed by atoms with Gasteiger partial charge < -0.3 is 15.8 Å². The third-order valence-corrected chi connectivity index (χ3v) is 3.11. The molecule has 1 atom stereocenters. The molecule has 0 aliphatic rings. The fourth-order valence-corrected chi connectivity index (χ4v) is 1.99. The van der Waals surface area contributed by atoms with Gasteiger partial charge in [0.05, 0.1) is 12.1 Å². The first kappa shape index (κ1) is 15.9. The van der Waals surface area contributed by atoms with Crippen molar-refractivity contribution in [3.05, 3.63) is 24.3 Å². The van der Waals surface area contributed by atoms with Crippen LogP contribution in [0.15, 0.2) is 24.3 Å². The van der Waals surface area contributed by atoms with E-state index < -0.39 is 6.04 Å². The first-order chi connectivity index (χ1) is 9.02. The van der Waals surface area contributed by atoms with E-state index in [-0.39, 0.29) is 12.0 Å². The molecule has 0 aromatic heterocycles. The van der Waals surface area contributed by atoms with Gasteiger partial charge in [-0.1, -0.05) is 0 Å². The molecule has 19 heavy (non-hydrogen) atoms. The number of nitrogens with one attached hydrogen (secondary N) is 1. The molecule has 0 spiro atoms. The highest BCUT2D eigenvalue weighted by Gasteiger charge is 2.12.